The third-order valence-corrected chi connectivity index (χ3v) is 4.48. The van der Waals surface area contributed by atoms with Gasteiger partial charge in [0.05, 0.1) is 32.6 Å². The molecule has 2 N–H and O–H groups in total. The van der Waals surface area contributed by atoms with E-state index in [2.05, 4.69) is 5.32 Å². The van der Waals surface area contributed by atoms with Gasteiger partial charge >= 0.3 is 0 Å². The molecule has 1 heterocycles. The van der Waals surface area contributed by atoms with Crippen LogP contribution in [0.5, 0.6) is 11.5 Å². The fourth-order valence-corrected chi connectivity index (χ4v) is 3.21. The number of likely N-dealkylation sites (N-methyl/N-ethyl adjacent to an activating group) is 1. The predicted molar refractivity (Wildman–Crippen MR) is 102 cm³/mol. The molecule has 0 fully saturated rings. The van der Waals surface area contributed by atoms with Gasteiger partial charge in [-0.3, -0.25) is 14.5 Å². The maximum Gasteiger partial charge on any atom is 0.282 e. The molecule has 1 aliphatic heterocycles. The van der Waals surface area contributed by atoms with Crippen LogP contribution >= 0.6 is 0 Å². The quantitative estimate of drug-likeness (QED) is 0.785. The maximum atomic E-state index is 12.8. The highest BCUT2D eigenvalue weighted by Crippen LogP contribution is 2.29. The van der Waals surface area contributed by atoms with Crippen LogP contribution in [-0.4, -0.2) is 46.2 Å². The summed E-state index contributed by atoms with van der Waals surface area (Å²) in [6.07, 6.45) is 0. The van der Waals surface area contributed by atoms with Gasteiger partial charge in [0.1, 0.15) is 13.1 Å². The summed E-state index contributed by atoms with van der Waals surface area (Å²) < 4.78 is 10.6. The van der Waals surface area contributed by atoms with Crippen molar-refractivity contribution in [3.63, 3.8) is 0 Å². The monoisotopic (exact) mass is 370 g/mol. The highest BCUT2D eigenvalue weighted by molar-refractivity contribution is 6.10. The van der Waals surface area contributed by atoms with E-state index in [1.165, 1.54) is 0 Å². The number of para-hydroxylation sites is 2. The third kappa shape index (κ3) is 4.20. The van der Waals surface area contributed by atoms with Crippen LogP contribution in [-0.2, 0) is 16.1 Å². The predicted octanol–water partition coefficient (Wildman–Crippen LogP) is 0.704. The second-order valence-electron chi connectivity index (χ2n) is 6.55. The van der Waals surface area contributed by atoms with E-state index in [0.29, 0.717) is 23.7 Å². The molecule has 2 aromatic rings. The summed E-state index contributed by atoms with van der Waals surface area (Å²) >= 11 is 0. The lowest BCUT2D eigenvalue weighted by Crippen LogP contribution is -3.09. The molecular formula is C20H24N3O4+. The number of carbonyl (C=O) groups excluding carboxylic acids is 2. The zero-order chi connectivity index (χ0) is 19.4. The number of methoxy groups -OCH3 is 2. The maximum absolute atomic E-state index is 12.8. The minimum Gasteiger partial charge on any atom is -0.493 e. The summed E-state index contributed by atoms with van der Waals surface area (Å²) in [5.74, 6) is 1.07. The molecule has 2 amide bonds. The Labute approximate surface area is 158 Å². The number of nitrogens with one attached hydrogen (secondary N) is 2. The molecule has 1 atom stereocenters. The first-order valence-corrected chi connectivity index (χ1v) is 8.73. The molecule has 0 saturated heterocycles. The van der Waals surface area contributed by atoms with Gasteiger partial charge in [-0.2, -0.15) is 0 Å². The van der Waals surface area contributed by atoms with Crippen LogP contribution in [0.2, 0.25) is 0 Å². The van der Waals surface area contributed by atoms with Crippen molar-refractivity contribution in [2.45, 2.75) is 6.54 Å². The zero-order valence-electron chi connectivity index (χ0n) is 15.7. The van der Waals surface area contributed by atoms with Gasteiger partial charge < -0.3 is 19.7 Å². The van der Waals surface area contributed by atoms with Gasteiger partial charge in [0.2, 0.25) is 5.91 Å². The average Bonchev–Trinajstić information content (AvgIpc) is 2.66. The molecule has 0 aromatic heterocycles. The van der Waals surface area contributed by atoms with Crippen molar-refractivity contribution in [3.8, 4) is 11.5 Å². The van der Waals surface area contributed by atoms with Crippen LogP contribution in [0.4, 0.5) is 11.4 Å². The van der Waals surface area contributed by atoms with Gasteiger partial charge in [0.25, 0.3) is 5.91 Å². The molecular weight excluding hydrogens is 346 g/mol. The number of amides is 2. The number of ether oxygens (including phenoxy) is 2. The first-order chi connectivity index (χ1) is 13.0. The smallest absolute Gasteiger partial charge is 0.282 e. The van der Waals surface area contributed by atoms with Gasteiger partial charge in [-0.15, -0.1) is 0 Å². The number of nitrogens with zero attached hydrogens (tertiary/aromatic N) is 1. The largest absolute Gasteiger partial charge is 0.493 e. The normalized spacial score (nSPS) is 14.2. The molecule has 27 heavy (non-hydrogen) atoms. The summed E-state index contributed by atoms with van der Waals surface area (Å²) in [7, 11) is 5.14. The lowest BCUT2D eigenvalue weighted by Gasteiger charge is -2.29. The molecule has 3 rings (SSSR count). The van der Waals surface area contributed by atoms with Gasteiger partial charge in [-0.05, 0) is 30.3 Å². The van der Waals surface area contributed by atoms with E-state index >= 15 is 0 Å². The lowest BCUT2D eigenvalue weighted by molar-refractivity contribution is -0.885. The second-order valence-corrected chi connectivity index (χ2v) is 6.55. The molecule has 1 unspecified atom stereocenters. The topological polar surface area (TPSA) is 72.3 Å². The van der Waals surface area contributed by atoms with E-state index in [1.54, 1.807) is 25.2 Å². The number of rotatable bonds is 6. The molecule has 0 aliphatic carbocycles. The lowest BCUT2D eigenvalue weighted by atomic mass is 10.1. The standard InChI is InChI=1S/C20H23N3O4/c1-22(11-14-8-9-17(26-2)18(10-14)27-3)13-20(25)23-12-19(24)21-15-6-4-5-7-16(15)23/h4-10H,11-13H2,1-3H3,(H,21,24)/p+1. The molecule has 2 aromatic carbocycles. The Bertz CT molecular complexity index is 853. The molecule has 0 radical (unpaired) electrons. The second kappa shape index (κ2) is 8.09. The van der Waals surface area contributed by atoms with Crippen molar-refractivity contribution in [2.24, 2.45) is 0 Å². The van der Waals surface area contributed by atoms with Crippen molar-refractivity contribution < 1.29 is 24.0 Å². The van der Waals surface area contributed by atoms with Crippen molar-refractivity contribution in [1.82, 2.24) is 0 Å². The third-order valence-electron chi connectivity index (χ3n) is 4.48. The molecule has 0 saturated carbocycles. The molecule has 0 spiro atoms. The Morgan fingerprint density at radius 3 is 2.63 bits per heavy atom. The van der Waals surface area contributed by atoms with Crippen LogP contribution in [0.25, 0.3) is 0 Å². The number of quaternary nitrogens is 1. The van der Waals surface area contributed by atoms with Gasteiger partial charge in [0.15, 0.2) is 18.0 Å². The summed E-state index contributed by atoms with van der Waals surface area (Å²) in [5, 5.41) is 2.80. The van der Waals surface area contributed by atoms with Gasteiger partial charge in [-0.1, -0.05) is 12.1 Å². The van der Waals surface area contributed by atoms with E-state index in [0.717, 1.165) is 16.2 Å². The first-order valence-electron chi connectivity index (χ1n) is 8.73. The Morgan fingerprint density at radius 2 is 1.89 bits per heavy atom. The molecule has 1 aliphatic rings. The number of hydrogen-bond acceptors (Lipinski definition) is 4. The van der Waals surface area contributed by atoms with Crippen molar-refractivity contribution in [1.29, 1.82) is 0 Å². The Hall–Kier alpha value is -3.06. The van der Waals surface area contributed by atoms with Crippen LogP contribution in [0, 0.1) is 0 Å². The van der Waals surface area contributed by atoms with Crippen LogP contribution in [0.15, 0.2) is 42.5 Å². The number of hydrogen-bond donors (Lipinski definition) is 2. The van der Waals surface area contributed by atoms with Crippen molar-refractivity contribution in [3.05, 3.63) is 48.0 Å². The van der Waals surface area contributed by atoms with E-state index in [1.807, 2.05) is 43.4 Å². The Balaban J connectivity index is 1.69. The van der Waals surface area contributed by atoms with Crippen LogP contribution in [0.3, 0.4) is 0 Å². The number of anilines is 2. The number of carbonyl (C=O) groups is 2. The molecule has 142 valence electrons. The SMILES string of the molecule is COc1ccc(C[NH+](C)CC(=O)N2CC(=O)Nc3ccccc32)cc1OC. The Morgan fingerprint density at radius 1 is 1.15 bits per heavy atom. The Kier molecular flexibility index (Phi) is 5.61. The van der Waals surface area contributed by atoms with E-state index in [-0.39, 0.29) is 24.9 Å². The number of benzene rings is 2. The minimum absolute atomic E-state index is 0.0412. The van der Waals surface area contributed by atoms with Gasteiger partial charge in [0, 0.05) is 5.56 Å². The molecule has 7 heteroatoms. The van der Waals surface area contributed by atoms with Crippen molar-refractivity contribution >= 4 is 23.2 Å². The van der Waals surface area contributed by atoms with Crippen molar-refractivity contribution in [2.75, 3.05) is 44.6 Å². The van der Waals surface area contributed by atoms with E-state index in [4.69, 9.17) is 9.47 Å². The molecule has 7 nitrogen and oxygen atoms in total. The number of fused-ring (bicyclic) bond motifs is 1. The summed E-state index contributed by atoms with van der Waals surface area (Å²) in [6.45, 7) is 0.962. The average molecular weight is 370 g/mol. The summed E-state index contributed by atoms with van der Waals surface area (Å²) in [4.78, 5) is 27.3. The van der Waals surface area contributed by atoms with Gasteiger partial charge in [-0.25, -0.2) is 0 Å². The fourth-order valence-electron chi connectivity index (χ4n) is 3.21. The minimum atomic E-state index is -0.181. The highest BCUT2D eigenvalue weighted by Gasteiger charge is 2.28. The zero-order valence-corrected chi connectivity index (χ0v) is 15.7. The molecule has 0 bridgehead atoms. The van der Waals surface area contributed by atoms with E-state index < -0.39 is 0 Å². The fraction of sp³-hybridized carbons (Fsp3) is 0.300. The van der Waals surface area contributed by atoms with E-state index in [9.17, 15) is 9.59 Å². The van der Waals surface area contributed by atoms with Crippen LogP contribution in [0.1, 0.15) is 5.56 Å². The summed E-state index contributed by atoms with van der Waals surface area (Å²) in [6, 6.07) is 13.1. The first kappa shape index (κ1) is 18.7. The van der Waals surface area contributed by atoms with Crippen LogP contribution < -0.4 is 24.6 Å². The highest BCUT2D eigenvalue weighted by atomic mass is 16.5. The summed E-state index contributed by atoms with van der Waals surface area (Å²) in [5.41, 5.74) is 2.44.